The molecule has 1 amide bonds. The van der Waals surface area contributed by atoms with Crippen LogP contribution in [0.5, 0.6) is 0 Å². The second kappa shape index (κ2) is 5.07. The summed E-state index contributed by atoms with van der Waals surface area (Å²) in [4.78, 5) is 22.7. The quantitative estimate of drug-likeness (QED) is 0.671. The Labute approximate surface area is 90.9 Å². The molecule has 0 saturated carbocycles. The summed E-state index contributed by atoms with van der Waals surface area (Å²) in [5.41, 5.74) is 5.42. The molecule has 15 heavy (non-hydrogen) atoms. The second-order valence-electron chi connectivity index (χ2n) is 4.68. The minimum Gasteiger partial charge on any atom is -0.345 e. The summed E-state index contributed by atoms with van der Waals surface area (Å²) < 4.78 is 0. The van der Waals surface area contributed by atoms with E-state index < -0.39 is 12.1 Å². The van der Waals surface area contributed by atoms with Gasteiger partial charge < -0.3 is 11.1 Å². The lowest BCUT2D eigenvalue weighted by Gasteiger charge is -2.26. The van der Waals surface area contributed by atoms with Gasteiger partial charge in [0.1, 0.15) is 0 Å². The van der Waals surface area contributed by atoms with Crippen molar-refractivity contribution in [2.24, 2.45) is 11.1 Å². The van der Waals surface area contributed by atoms with E-state index in [0.717, 1.165) is 0 Å². The molecule has 0 radical (unpaired) electrons. The van der Waals surface area contributed by atoms with Crippen LogP contribution in [0.1, 0.15) is 27.7 Å². The predicted molar refractivity (Wildman–Crippen MR) is 60.2 cm³/mol. The average molecular weight is 212 g/mol. The van der Waals surface area contributed by atoms with Crippen LogP contribution in [-0.4, -0.2) is 23.8 Å². The van der Waals surface area contributed by atoms with Gasteiger partial charge in [-0.3, -0.25) is 9.59 Å². The fraction of sp³-hybridized carbons (Fsp3) is 0.636. The summed E-state index contributed by atoms with van der Waals surface area (Å²) in [5, 5.41) is 2.55. The van der Waals surface area contributed by atoms with Crippen molar-refractivity contribution in [3.8, 4) is 0 Å². The smallest absolute Gasteiger partial charge is 0.238 e. The molecule has 0 aromatic rings. The lowest BCUT2D eigenvalue weighted by atomic mass is 9.87. The number of carbonyl (C=O) groups excluding carboxylic acids is 2. The molecule has 86 valence electrons. The molecule has 0 spiro atoms. The first-order valence-corrected chi connectivity index (χ1v) is 4.92. The number of carbonyl (C=O) groups is 2. The van der Waals surface area contributed by atoms with Gasteiger partial charge in [0.05, 0.1) is 12.1 Å². The summed E-state index contributed by atoms with van der Waals surface area (Å²) in [6.45, 7) is 10.6. The average Bonchev–Trinajstić information content (AvgIpc) is 2.13. The molecule has 0 aromatic heterocycles. The van der Waals surface area contributed by atoms with E-state index in [4.69, 9.17) is 5.73 Å². The number of amides is 1. The molecule has 0 heterocycles. The monoisotopic (exact) mass is 212 g/mol. The van der Waals surface area contributed by atoms with Crippen molar-refractivity contribution >= 4 is 11.7 Å². The summed E-state index contributed by atoms with van der Waals surface area (Å²) in [5.74, 6) is -0.533. The molecule has 2 atom stereocenters. The van der Waals surface area contributed by atoms with E-state index in [9.17, 15) is 9.59 Å². The van der Waals surface area contributed by atoms with Gasteiger partial charge >= 0.3 is 0 Å². The van der Waals surface area contributed by atoms with E-state index in [1.165, 1.54) is 6.08 Å². The number of nitrogens with one attached hydrogen (secondary N) is 1. The van der Waals surface area contributed by atoms with E-state index in [2.05, 4.69) is 11.9 Å². The number of hydrogen-bond donors (Lipinski definition) is 2. The molecule has 0 aliphatic carbocycles. The lowest BCUT2D eigenvalue weighted by Crippen LogP contribution is -2.52. The van der Waals surface area contributed by atoms with Crippen LogP contribution in [0.3, 0.4) is 0 Å². The molecule has 0 aromatic carbocycles. The minimum atomic E-state index is -0.627. The molecule has 0 saturated heterocycles. The predicted octanol–water partition coefficient (Wildman–Crippen LogP) is 0.620. The Balaban J connectivity index is 4.38. The van der Waals surface area contributed by atoms with Crippen molar-refractivity contribution in [1.29, 1.82) is 0 Å². The van der Waals surface area contributed by atoms with Crippen molar-refractivity contribution in [3.63, 3.8) is 0 Å². The van der Waals surface area contributed by atoms with Crippen molar-refractivity contribution in [1.82, 2.24) is 5.32 Å². The van der Waals surface area contributed by atoms with E-state index >= 15 is 0 Å². The first-order chi connectivity index (χ1) is 6.70. The van der Waals surface area contributed by atoms with Gasteiger partial charge in [0, 0.05) is 0 Å². The maximum atomic E-state index is 11.6. The van der Waals surface area contributed by atoms with Crippen molar-refractivity contribution in [3.05, 3.63) is 12.7 Å². The molecule has 0 fully saturated rings. The third-order valence-electron chi connectivity index (χ3n) is 2.20. The number of hydrogen-bond acceptors (Lipinski definition) is 3. The minimum absolute atomic E-state index is 0.218. The summed E-state index contributed by atoms with van der Waals surface area (Å²) in [6.07, 6.45) is 1.19. The molecule has 0 bridgehead atoms. The van der Waals surface area contributed by atoms with Gasteiger partial charge in [-0.05, 0) is 18.4 Å². The highest BCUT2D eigenvalue weighted by Crippen LogP contribution is 2.17. The van der Waals surface area contributed by atoms with Gasteiger partial charge in [0.15, 0.2) is 5.78 Å². The Kier molecular flexibility index (Phi) is 4.68. The number of ketones is 1. The zero-order chi connectivity index (χ0) is 12.2. The van der Waals surface area contributed by atoms with Crippen molar-refractivity contribution < 1.29 is 9.59 Å². The molecule has 0 rings (SSSR count). The Hall–Kier alpha value is -1.16. The van der Waals surface area contributed by atoms with Gasteiger partial charge in [-0.15, -0.1) is 0 Å². The first-order valence-electron chi connectivity index (χ1n) is 4.92. The van der Waals surface area contributed by atoms with E-state index in [-0.39, 0.29) is 17.1 Å². The molecule has 1 unspecified atom stereocenters. The maximum Gasteiger partial charge on any atom is 0.238 e. The molecule has 0 aliphatic heterocycles. The second-order valence-corrected chi connectivity index (χ2v) is 4.68. The number of nitrogens with two attached hydrogens (primary N) is 1. The van der Waals surface area contributed by atoms with E-state index in [1.54, 1.807) is 6.92 Å². The van der Waals surface area contributed by atoms with E-state index in [1.807, 2.05) is 20.8 Å². The Bertz CT molecular complexity index is 266. The van der Waals surface area contributed by atoms with Crippen LogP contribution in [-0.2, 0) is 9.59 Å². The molecular weight excluding hydrogens is 192 g/mol. The molecule has 4 nitrogen and oxygen atoms in total. The largest absolute Gasteiger partial charge is 0.345 e. The van der Waals surface area contributed by atoms with E-state index in [0.29, 0.717) is 0 Å². The topological polar surface area (TPSA) is 72.2 Å². The fourth-order valence-corrected chi connectivity index (χ4v) is 0.944. The zero-order valence-corrected chi connectivity index (χ0v) is 9.83. The van der Waals surface area contributed by atoms with Crippen LogP contribution in [0.2, 0.25) is 0 Å². The highest BCUT2D eigenvalue weighted by molar-refractivity contribution is 5.96. The van der Waals surface area contributed by atoms with Crippen LogP contribution in [0, 0.1) is 5.41 Å². The molecule has 0 aliphatic rings. The normalized spacial score (nSPS) is 15.3. The SMILES string of the molecule is C=CC(=O)[C@@H](C)NC(=O)C(N)C(C)(C)C. The third-order valence-corrected chi connectivity index (χ3v) is 2.20. The summed E-state index contributed by atoms with van der Waals surface area (Å²) in [6, 6.07) is -1.19. The highest BCUT2D eigenvalue weighted by atomic mass is 16.2. The van der Waals surface area contributed by atoms with Crippen LogP contribution in [0.25, 0.3) is 0 Å². The summed E-state index contributed by atoms with van der Waals surface area (Å²) >= 11 is 0. The Morgan fingerprint density at radius 3 is 2.20 bits per heavy atom. The zero-order valence-electron chi connectivity index (χ0n) is 9.83. The molecular formula is C11H20N2O2. The van der Waals surface area contributed by atoms with Gasteiger partial charge in [-0.25, -0.2) is 0 Å². The van der Waals surface area contributed by atoms with Gasteiger partial charge in [-0.2, -0.15) is 0 Å². The third kappa shape index (κ3) is 4.25. The van der Waals surface area contributed by atoms with Gasteiger partial charge in [-0.1, -0.05) is 27.4 Å². The van der Waals surface area contributed by atoms with Crippen molar-refractivity contribution in [2.45, 2.75) is 39.8 Å². The van der Waals surface area contributed by atoms with Crippen LogP contribution >= 0.6 is 0 Å². The first kappa shape index (κ1) is 13.8. The standard InChI is InChI=1S/C11H20N2O2/c1-6-8(14)7(2)13-10(15)9(12)11(3,4)5/h6-7,9H,1,12H2,2-5H3,(H,13,15)/t7-,9?/m1/s1. The maximum absolute atomic E-state index is 11.6. The van der Waals surface area contributed by atoms with Crippen LogP contribution in [0.4, 0.5) is 0 Å². The van der Waals surface area contributed by atoms with Crippen molar-refractivity contribution in [2.75, 3.05) is 0 Å². The Morgan fingerprint density at radius 1 is 1.40 bits per heavy atom. The Morgan fingerprint density at radius 2 is 1.87 bits per heavy atom. The van der Waals surface area contributed by atoms with Crippen LogP contribution in [0.15, 0.2) is 12.7 Å². The fourth-order valence-electron chi connectivity index (χ4n) is 0.944. The molecule has 4 heteroatoms. The highest BCUT2D eigenvalue weighted by Gasteiger charge is 2.28. The van der Waals surface area contributed by atoms with Gasteiger partial charge in [0.2, 0.25) is 5.91 Å². The number of rotatable bonds is 4. The van der Waals surface area contributed by atoms with Crippen LogP contribution < -0.4 is 11.1 Å². The lowest BCUT2D eigenvalue weighted by molar-refractivity contribution is -0.128. The van der Waals surface area contributed by atoms with Gasteiger partial charge in [0.25, 0.3) is 0 Å². The summed E-state index contributed by atoms with van der Waals surface area (Å²) in [7, 11) is 0. The molecule has 3 N–H and O–H groups in total.